The Bertz CT molecular complexity index is 485. The highest BCUT2D eigenvalue weighted by Crippen LogP contribution is 2.25. The lowest BCUT2D eigenvalue weighted by Crippen LogP contribution is -2.05. The number of hydrogen-bond acceptors (Lipinski definition) is 3. The number of ether oxygens (including phenoxy) is 1. The molecule has 0 aliphatic heterocycles. The Labute approximate surface area is 91.1 Å². The minimum absolute atomic E-state index is 0.0997. The van der Waals surface area contributed by atoms with E-state index in [4.69, 9.17) is 0 Å². The molecule has 0 aliphatic carbocycles. The second-order valence-corrected chi connectivity index (χ2v) is 4.53. The summed E-state index contributed by atoms with van der Waals surface area (Å²) in [7, 11) is -3.53. The van der Waals surface area contributed by atoms with Gasteiger partial charge in [0.15, 0.2) is 11.6 Å². The molecule has 0 saturated heterocycles. The van der Waals surface area contributed by atoms with Crippen LogP contribution in [0.1, 0.15) is 5.56 Å². The fourth-order valence-corrected chi connectivity index (χ4v) is 1.69. The molecule has 90 valence electrons. The predicted molar refractivity (Wildman–Crippen MR) is 51.5 cm³/mol. The van der Waals surface area contributed by atoms with Gasteiger partial charge < -0.3 is 4.74 Å². The van der Waals surface area contributed by atoms with E-state index in [2.05, 4.69) is 4.74 Å². The lowest BCUT2D eigenvalue weighted by atomic mass is 10.1. The molecule has 7 heteroatoms. The third-order valence-electron chi connectivity index (χ3n) is 1.95. The number of rotatable bonds is 4. The minimum atomic E-state index is -4.64. The second-order valence-electron chi connectivity index (χ2n) is 3.05. The van der Waals surface area contributed by atoms with E-state index in [1.165, 1.54) is 0 Å². The van der Waals surface area contributed by atoms with Crippen LogP contribution < -0.4 is 4.74 Å². The van der Waals surface area contributed by atoms with Gasteiger partial charge in [0.1, 0.15) is 0 Å². The first-order valence-corrected chi connectivity index (χ1v) is 5.83. The Hall–Kier alpha value is -1.24. The quantitative estimate of drug-likeness (QED) is 0.770. The van der Waals surface area contributed by atoms with Gasteiger partial charge >= 0.3 is 10.2 Å². The van der Waals surface area contributed by atoms with Gasteiger partial charge in [0.2, 0.25) is 5.82 Å². The van der Waals surface area contributed by atoms with Crippen molar-refractivity contribution in [3.63, 3.8) is 0 Å². The fourth-order valence-electron chi connectivity index (χ4n) is 1.22. The van der Waals surface area contributed by atoms with Crippen LogP contribution in [0, 0.1) is 11.6 Å². The zero-order valence-corrected chi connectivity index (χ0v) is 9.15. The van der Waals surface area contributed by atoms with Crippen molar-refractivity contribution in [3.8, 4) is 5.75 Å². The summed E-state index contributed by atoms with van der Waals surface area (Å²) in [6.45, 7) is 0. The highest BCUT2D eigenvalue weighted by Gasteiger charge is 2.16. The molecule has 0 atom stereocenters. The van der Waals surface area contributed by atoms with Gasteiger partial charge in [0, 0.05) is 0 Å². The number of hydrogen-bond donors (Lipinski definition) is 0. The first-order chi connectivity index (χ1) is 7.35. The van der Waals surface area contributed by atoms with Gasteiger partial charge in [-0.1, -0.05) is 6.07 Å². The van der Waals surface area contributed by atoms with Crippen LogP contribution >= 0.6 is 0 Å². The molecule has 0 N–H and O–H groups in total. The molecule has 0 fully saturated rings. The van der Waals surface area contributed by atoms with Gasteiger partial charge in [-0.05, 0) is 18.1 Å². The van der Waals surface area contributed by atoms with Gasteiger partial charge in [-0.15, -0.1) is 3.89 Å². The van der Waals surface area contributed by atoms with Crippen LogP contribution in [0.4, 0.5) is 12.7 Å². The second kappa shape index (κ2) is 4.73. The van der Waals surface area contributed by atoms with Crippen molar-refractivity contribution < 1.29 is 25.8 Å². The number of aryl methyl sites for hydroxylation is 1. The van der Waals surface area contributed by atoms with Crippen molar-refractivity contribution in [2.45, 2.75) is 6.42 Å². The summed E-state index contributed by atoms with van der Waals surface area (Å²) in [5.41, 5.74) is 0.0997. The maximum absolute atomic E-state index is 13.1. The van der Waals surface area contributed by atoms with Crippen LogP contribution in [0.15, 0.2) is 12.1 Å². The molecule has 1 aromatic carbocycles. The standard InChI is InChI=1S/C9H9F3O3S/c1-15-9-6(4-5-16(12,13)14)2-3-7(10)8(9)11/h2-3H,4-5H2,1H3. The highest BCUT2D eigenvalue weighted by atomic mass is 32.3. The highest BCUT2D eigenvalue weighted by molar-refractivity contribution is 7.86. The number of methoxy groups -OCH3 is 1. The molecule has 1 rings (SSSR count). The Morgan fingerprint density at radius 2 is 1.94 bits per heavy atom. The van der Waals surface area contributed by atoms with E-state index in [9.17, 15) is 21.1 Å². The van der Waals surface area contributed by atoms with Gasteiger partial charge in [-0.2, -0.15) is 12.8 Å². The van der Waals surface area contributed by atoms with Crippen molar-refractivity contribution in [2.75, 3.05) is 12.9 Å². The number of benzene rings is 1. The molecule has 0 amide bonds. The van der Waals surface area contributed by atoms with Crippen LogP contribution in [0.25, 0.3) is 0 Å². The van der Waals surface area contributed by atoms with E-state index in [0.29, 0.717) is 0 Å². The van der Waals surface area contributed by atoms with Crippen molar-refractivity contribution >= 4 is 10.2 Å². The van der Waals surface area contributed by atoms with Crippen LogP contribution in [-0.2, 0) is 16.6 Å². The summed E-state index contributed by atoms with van der Waals surface area (Å²) in [6.07, 6.45) is -0.279. The van der Waals surface area contributed by atoms with Crippen molar-refractivity contribution in [1.29, 1.82) is 0 Å². The number of halogens is 3. The normalized spacial score (nSPS) is 11.5. The van der Waals surface area contributed by atoms with Crippen molar-refractivity contribution in [3.05, 3.63) is 29.3 Å². The SMILES string of the molecule is COc1c(CCS(=O)(=O)F)ccc(F)c1F. The molecular weight excluding hydrogens is 245 g/mol. The van der Waals surface area contributed by atoms with E-state index in [-0.39, 0.29) is 12.0 Å². The summed E-state index contributed by atoms with van der Waals surface area (Å²) in [6, 6.07) is 1.99. The van der Waals surface area contributed by atoms with E-state index in [1.54, 1.807) is 0 Å². The molecular formula is C9H9F3O3S. The molecule has 0 saturated carbocycles. The topological polar surface area (TPSA) is 43.4 Å². The van der Waals surface area contributed by atoms with Crippen molar-refractivity contribution in [2.24, 2.45) is 0 Å². The third kappa shape index (κ3) is 3.13. The molecule has 0 radical (unpaired) electrons. The van der Waals surface area contributed by atoms with E-state index >= 15 is 0 Å². The van der Waals surface area contributed by atoms with Gasteiger partial charge in [-0.3, -0.25) is 0 Å². The lowest BCUT2D eigenvalue weighted by molar-refractivity contribution is 0.367. The van der Waals surface area contributed by atoms with E-state index in [0.717, 1.165) is 19.2 Å². The predicted octanol–water partition coefficient (Wildman–Crippen LogP) is 1.82. The third-order valence-corrected chi connectivity index (χ3v) is 2.64. The maximum atomic E-state index is 13.1. The molecule has 0 aliphatic rings. The smallest absolute Gasteiger partial charge is 0.302 e. The monoisotopic (exact) mass is 254 g/mol. The molecule has 0 heterocycles. The zero-order valence-electron chi connectivity index (χ0n) is 8.34. The fraction of sp³-hybridized carbons (Fsp3) is 0.333. The Kier molecular flexibility index (Phi) is 3.79. The van der Waals surface area contributed by atoms with E-state index < -0.39 is 33.4 Å². The first-order valence-electron chi connectivity index (χ1n) is 4.28. The maximum Gasteiger partial charge on any atom is 0.302 e. The molecule has 0 spiro atoms. The van der Waals surface area contributed by atoms with Crippen LogP contribution in [0.5, 0.6) is 5.75 Å². The summed E-state index contributed by atoms with van der Waals surface area (Å²) < 4.78 is 63.3. The first kappa shape index (κ1) is 12.8. The Morgan fingerprint density at radius 1 is 1.31 bits per heavy atom. The summed E-state index contributed by atoms with van der Waals surface area (Å²) in [4.78, 5) is 0. The van der Waals surface area contributed by atoms with Crippen LogP contribution in [-0.4, -0.2) is 21.3 Å². The molecule has 1 aromatic rings. The van der Waals surface area contributed by atoms with Crippen LogP contribution in [0.3, 0.4) is 0 Å². The summed E-state index contributed by atoms with van der Waals surface area (Å²) in [5, 5.41) is 0. The Morgan fingerprint density at radius 3 is 2.44 bits per heavy atom. The average Bonchev–Trinajstić information content (AvgIpc) is 2.18. The minimum Gasteiger partial charge on any atom is -0.493 e. The molecule has 0 unspecified atom stereocenters. The van der Waals surface area contributed by atoms with Gasteiger partial charge in [0.05, 0.1) is 12.9 Å². The molecule has 0 aromatic heterocycles. The van der Waals surface area contributed by atoms with Gasteiger partial charge in [0.25, 0.3) is 0 Å². The summed E-state index contributed by atoms with van der Waals surface area (Å²) >= 11 is 0. The van der Waals surface area contributed by atoms with Crippen LogP contribution in [0.2, 0.25) is 0 Å². The average molecular weight is 254 g/mol. The molecule has 16 heavy (non-hydrogen) atoms. The van der Waals surface area contributed by atoms with Gasteiger partial charge in [-0.25, -0.2) is 4.39 Å². The van der Waals surface area contributed by atoms with E-state index in [1.807, 2.05) is 0 Å². The van der Waals surface area contributed by atoms with Crippen molar-refractivity contribution in [1.82, 2.24) is 0 Å². The zero-order chi connectivity index (χ0) is 12.3. The molecule has 0 bridgehead atoms. The lowest BCUT2D eigenvalue weighted by Gasteiger charge is -2.08. The Balaban J connectivity index is 3.01. The molecule has 3 nitrogen and oxygen atoms in total. The summed E-state index contributed by atoms with van der Waals surface area (Å²) in [5.74, 6) is -3.52. The largest absolute Gasteiger partial charge is 0.493 e.